The van der Waals surface area contributed by atoms with Crippen LogP contribution in [0.5, 0.6) is 5.75 Å². The van der Waals surface area contributed by atoms with Gasteiger partial charge >= 0.3 is 0 Å². The molecule has 3 nitrogen and oxygen atoms in total. The number of aromatic hydroxyl groups is 1. The molecule has 1 atom stereocenters. The van der Waals surface area contributed by atoms with Crippen molar-refractivity contribution in [2.24, 2.45) is 0 Å². The topological polar surface area (TPSA) is 35.5 Å². The van der Waals surface area contributed by atoms with Crippen LogP contribution < -0.4 is 5.32 Å². The smallest absolute Gasteiger partial charge is 0.131 e. The summed E-state index contributed by atoms with van der Waals surface area (Å²) in [5, 5.41) is 12.3. The van der Waals surface area contributed by atoms with Gasteiger partial charge in [-0.05, 0) is 27.1 Å². The first-order valence-corrected chi connectivity index (χ1v) is 5.37. The predicted molar refractivity (Wildman–Crippen MR) is 63.0 cm³/mol. The quantitative estimate of drug-likeness (QED) is 0.803. The average Bonchev–Trinajstić information content (AvgIpc) is 2.16. The van der Waals surface area contributed by atoms with E-state index < -0.39 is 0 Å². The van der Waals surface area contributed by atoms with Gasteiger partial charge in [-0.15, -0.1) is 0 Å². The maximum atomic E-state index is 13.5. The summed E-state index contributed by atoms with van der Waals surface area (Å²) < 4.78 is 13.5. The number of phenols is 1. The lowest BCUT2D eigenvalue weighted by Gasteiger charge is -2.17. The Morgan fingerprint density at radius 1 is 1.44 bits per heavy atom. The molecule has 4 heteroatoms. The van der Waals surface area contributed by atoms with Crippen molar-refractivity contribution in [3.8, 4) is 5.75 Å². The maximum absolute atomic E-state index is 13.5. The number of benzene rings is 1. The van der Waals surface area contributed by atoms with Gasteiger partial charge in [0.05, 0.1) is 0 Å². The van der Waals surface area contributed by atoms with Crippen molar-refractivity contribution in [1.82, 2.24) is 10.2 Å². The molecule has 0 aliphatic rings. The fourth-order valence-electron chi connectivity index (χ4n) is 1.48. The molecule has 0 bridgehead atoms. The third-order valence-electron chi connectivity index (χ3n) is 2.46. The summed E-state index contributed by atoms with van der Waals surface area (Å²) >= 11 is 0. The van der Waals surface area contributed by atoms with Gasteiger partial charge < -0.3 is 15.3 Å². The van der Waals surface area contributed by atoms with Gasteiger partial charge in [0.2, 0.25) is 0 Å². The van der Waals surface area contributed by atoms with E-state index >= 15 is 0 Å². The molecule has 0 amide bonds. The van der Waals surface area contributed by atoms with E-state index in [1.807, 2.05) is 21.0 Å². The summed E-state index contributed by atoms with van der Waals surface area (Å²) in [5.41, 5.74) is 0.580. The zero-order valence-electron chi connectivity index (χ0n) is 10.00. The monoisotopic (exact) mass is 226 g/mol. The van der Waals surface area contributed by atoms with Crippen LogP contribution in [-0.4, -0.2) is 37.2 Å². The Hall–Kier alpha value is -1.13. The van der Waals surface area contributed by atoms with Crippen LogP contribution in [0.4, 0.5) is 4.39 Å². The molecular formula is C12H19FN2O. The molecule has 0 saturated heterocycles. The zero-order chi connectivity index (χ0) is 12.1. The van der Waals surface area contributed by atoms with Crippen LogP contribution in [0.3, 0.4) is 0 Å². The van der Waals surface area contributed by atoms with Crippen molar-refractivity contribution < 1.29 is 9.50 Å². The lowest BCUT2D eigenvalue weighted by atomic mass is 10.1. The summed E-state index contributed by atoms with van der Waals surface area (Å²) in [6, 6.07) is 4.19. The summed E-state index contributed by atoms with van der Waals surface area (Å²) in [4.78, 5) is 2.06. The highest BCUT2D eigenvalue weighted by atomic mass is 19.1. The van der Waals surface area contributed by atoms with Crippen LogP contribution in [0.15, 0.2) is 18.2 Å². The maximum Gasteiger partial charge on any atom is 0.131 e. The first-order valence-electron chi connectivity index (χ1n) is 5.37. The number of halogens is 1. The van der Waals surface area contributed by atoms with E-state index in [0.29, 0.717) is 5.56 Å². The lowest BCUT2D eigenvalue weighted by Crippen LogP contribution is -2.28. The van der Waals surface area contributed by atoms with Crippen LogP contribution >= 0.6 is 0 Å². The number of phenolic OH excluding ortho intramolecular Hbond substituents is 1. The lowest BCUT2D eigenvalue weighted by molar-refractivity contribution is 0.386. The molecule has 1 aromatic carbocycles. The zero-order valence-corrected chi connectivity index (χ0v) is 10.00. The highest BCUT2D eigenvalue weighted by Gasteiger charge is 2.10. The third-order valence-corrected chi connectivity index (χ3v) is 2.46. The van der Waals surface area contributed by atoms with Gasteiger partial charge in [-0.3, -0.25) is 0 Å². The third kappa shape index (κ3) is 3.79. The minimum absolute atomic E-state index is 0.0401. The van der Waals surface area contributed by atoms with Crippen LogP contribution in [0, 0.1) is 5.82 Å². The van der Waals surface area contributed by atoms with E-state index in [9.17, 15) is 4.39 Å². The minimum Gasteiger partial charge on any atom is -0.508 e. The second-order valence-electron chi connectivity index (χ2n) is 4.18. The van der Waals surface area contributed by atoms with Crippen LogP contribution in [0.1, 0.15) is 18.5 Å². The van der Waals surface area contributed by atoms with E-state index in [1.54, 1.807) is 6.07 Å². The molecule has 90 valence electrons. The Kier molecular flexibility index (Phi) is 4.71. The molecule has 0 aliphatic carbocycles. The molecule has 0 radical (unpaired) electrons. The standard InChI is InChI=1S/C12H19FN2O/c1-9(14-6-7-15(2)3)11-5-4-10(16)8-12(11)13/h4-5,8-9,14,16H,6-7H2,1-3H3. The van der Waals surface area contributed by atoms with Gasteiger partial charge in [0.1, 0.15) is 11.6 Å². The van der Waals surface area contributed by atoms with Gasteiger partial charge in [-0.2, -0.15) is 0 Å². The van der Waals surface area contributed by atoms with Crippen molar-refractivity contribution in [3.63, 3.8) is 0 Å². The van der Waals surface area contributed by atoms with Gasteiger partial charge in [-0.25, -0.2) is 4.39 Å². The van der Waals surface area contributed by atoms with E-state index in [-0.39, 0.29) is 17.6 Å². The molecule has 16 heavy (non-hydrogen) atoms. The number of nitrogens with zero attached hydrogens (tertiary/aromatic N) is 1. The Bertz CT molecular complexity index is 342. The molecule has 1 rings (SSSR count). The van der Waals surface area contributed by atoms with E-state index in [0.717, 1.165) is 19.2 Å². The normalized spacial score (nSPS) is 13.1. The molecule has 0 fully saturated rings. The molecule has 0 aromatic heterocycles. The van der Waals surface area contributed by atoms with Gasteiger partial charge in [0.15, 0.2) is 0 Å². The fraction of sp³-hybridized carbons (Fsp3) is 0.500. The van der Waals surface area contributed by atoms with Crippen LogP contribution in [0.2, 0.25) is 0 Å². The van der Waals surface area contributed by atoms with E-state index in [4.69, 9.17) is 5.11 Å². The molecule has 2 N–H and O–H groups in total. The highest BCUT2D eigenvalue weighted by Crippen LogP contribution is 2.20. The molecule has 0 aliphatic heterocycles. The first-order chi connectivity index (χ1) is 7.50. The van der Waals surface area contributed by atoms with Gasteiger partial charge in [0.25, 0.3) is 0 Å². The molecule has 0 spiro atoms. The Balaban J connectivity index is 2.55. The van der Waals surface area contributed by atoms with Crippen molar-refractivity contribution >= 4 is 0 Å². The number of hydrogen-bond acceptors (Lipinski definition) is 3. The minimum atomic E-state index is -0.371. The van der Waals surface area contributed by atoms with Crippen LogP contribution in [-0.2, 0) is 0 Å². The summed E-state index contributed by atoms with van der Waals surface area (Å²) in [6.07, 6.45) is 0. The van der Waals surface area contributed by atoms with Crippen molar-refractivity contribution in [2.75, 3.05) is 27.2 Å². The first kappa shape index (κ1) is 12.9. The number of hydrogen-bond donors (Lipinski definition) is 2. The second-order valence-corrected chi connectivity index (χ2v) is 4.18. The summed E-state index contributed by atoms with van der Waals surface area (Å²) in [5.74, 6) is -0.411. The number of likely N-dealkylation sites (N-methyl/N-ethyl adjacent to an activating group) is 1. The molecule has 1 unspecified atom stereocenters. The summed E-state index contributed by atoms with van der Waals surface area (Å²) in [7, 11) is 3.99. The van der Waals surface area contributed by atoms with Crippen molar-refractivity contribution in [2.45, 2.75) is 13.0 Å². The Labute approximate surface area is 95.9 Å². The number of rotatable bonds is 5. The van der Waals surface area contributed by atoms with E-state index in [1.165, 1.54) is 6.07 Å². The number of nitrogens with one attached hydrogen (secondary N) is 1. The average molecular weight is 226 g/mol. The van der Waals surface area contributed by atoms with Gasteiger partial charge in [-0.1, -0.05) is 6.07 Å². The largest absolute Gasteiger partial charge is 0.508 e. The van der Waals surface area contributed by atoms with Gasteiger partial charge in [0, 0.05) is 30.8 Å². The SMILES string of the molecule is CC(NCCN(C)C)c1ccc(O)cc1F. The van der Waals surface area contributed by atoms with Crippen molar-refractivity contribution in [1.29, 1.82) is 0 Å². The van der Waals surface area contributed by atoms with E-state index in [2.05, 4.69) is 10.2 Å². The molecular weight excluding hydrogens is 207 g/mol. The second kappa shape index (κ2) is 5.82. The molecule has 0 heterocycles. The molecule has 1 aromatic rings. The summed E-state index contributed by atoms with van der Waals surface area (Å²) in [6.45, 7) is 3.61. The predicted octanol–water partition coefficient (Wildman–Crippen LogP) is 1.74. The highest BCUT2D eigenvalue weighted by molar-refractivity contribution is 5.29. The Morgan fingerprint density at radius 2 is 2.12 bits per heavy atom. The van der Waals surface area contributed by atoms with Crippen LogP contribution in [0.25, 0.3) is 0 Å². The fourth-order valence-corrected chi connectivity index (χ4v) is 1.48. The molecule has 0 saturated carbocycles. The Morgan fingerprint density at radius 3 is 2.69 bits per heavy atom. The van der Waals surface area contributed by atoms with Crippen molar-refractivity contribution in [3.05, 3.63) is 29.6 Å².